The van der Waals surface area contributed by atoms with Crippen molar-refractivity contribution in [3.05, 3.63) is 35.4 Å². The molecule has 0 amide bonds. The highest BCUT2D eigenvalue weighted by Crippen LogP contribution is 2.70. The maximum atomic E-state index is 12.6. The molecule has 5 atom stereocenters. The van der Waals surface area contributed by atoms with Crippen LogP contribution in [0.2, 0.25) is 0 Å². The van der Waals surface area contributed by atoms with Crippen molar-refractivity contribution < 1.29 is 4.79 Å². The second-order valence-electron chi connectivity index (χ2n) is 7.28. The fourth-order valence-electron chi connectivity index (χ4n) is 5.68. The van der Waals surface area contributed by atoms with Crippen molar-refractivity contribution in [3.63, 3.8) is 0 Å². The van der Waals surface area contributed by atoms with E-state index in [1.54, 1.807) is 0 Å². The zero-order chi connectivity index (χ0) is 12.6. The highest BCUT2D eigenvalue weighted by molar-refractivity contribution is 5.86. The number of fused-ring (bicyclic) bond motifs is 6. The number of ketones is 1. The first kappa shape index (κ1) is 10.7. The van der Waals surface area contributed by atoms with Crippen LogP contribution < -0.4 is 0 Å². The Hall–Kier alpha value is -1.11. The fourth-order valence-corrected chi connectivity index (χ4v) is 5.68. The molecule has 1 aromatic rings. The van der Waals surface area contributed by atoms with Crippen LogP contribution in [0.25, 0.3) is 0 Å². The fraction of sp³-hybridized carbons (Fsp3) is 0.611. The lowest BCUT2D eigenvalue weighted by atomic mass is 9.74. The van der Waals surface area contributed by atoms with E-state index < -0.39 is 0 Å². The Bertz CT molecular complexity index is 545. The van der Waals surface area contributed by atoms with Gasteiger partial charge < -0.3 is 0 Å². The number of rotatable bonds is 3. The molecule has 19 heavy (non-hydrogen) atoms. The second kappa shape index (κ2) is 3.50. The molecule has 1 aromatic carbocycles. The van der Waals surface area contributed by atoms with Crippen molar-refractivity contribution in [1.82, 2.24) is 0 Å². The van der Waals surface area contributed by atoms with E-state index in [0.717, 1.165) is 36.5 Å². The summed E-state index contributed by atoms with van der Waals surface area (Å²) in [5.74, 6) is 5.13. The van der Waals surface area contributed by atoms with E-state index in [1.807, 2.05) is 0 Å². The van der Waals surface area contributed by atoms with E-state index in [-0.39, 0.29) is 0 Å². The number of Topliss-reactive ketones (excluding diaryl/α,β-unsaturated/α-hetero) is 1. The number of hydrogen-bond donors (Lipinski definition) is 0. The highest BCUT2D eigenvalue weighted by Gasteiger charge is 2.67. The molecule has 98 valence electrons. The quantitative estimate of drug-likeness (QED) is 0.803. The summed E-state index contributed by atoms with van der Waals surface area (Å²) in [6.07, 6.45) is 6.25. The van der Waals surface area contributed by atoms with Crippen LogP contribution in [0.4, 0.5) is 0 Å². The van der Waals surface area contributed by atoms with Crippen molar-refractivity contribution in [2.75, 3.05) is 0 Å². The first-order valence-electron chi connectivity index (χ1n) is 7.93. The Morgan fingerprint density at radius 2 is 1.84 bits per heavy atom. The van der Waals surface area contributed by atoms with E-state index in [9.17, 15) is 4.79 Å². The summed E-state index contributed by atoms with van der Waals surface area (Å²) in [6.45, 7) is 0. The zero-order valence-electron chi connectivity index (χ0n) is 11.2. The van der Waals surface area contributed by atoms with Crippen LogP contribution >= 0.6 is 0 Å². The summed E-state index contributed by atoms with van der Waals surface area (Å²) in [4.78, 5) is 12.6. The number of hydrogen-bond acceptors (Lipinski definition) is 1. The molecule has 4 aliphatic rings. The summed E-state index contributed by atoms with van der Waals surface area (Å²) < 4.78 is 0. The molecule has 0 spiro atoms. The third-order valence-electron chi connectivity index (χ3n) is 6.52. The normalized spacial score (nSPS) is 44.4. The van der Waals surface area contributed by atoms with Gasteiger partial charge in [0.1, 0.15) is 5.78 Å². The van der Waals surface area contributed by atoms with Crippen LogP contribution in [0.15, 0.2) is 24.3 Å². The van der Waals surface area contributed by atoms with Gasteiger partial charge in [0.05, 0.1) is 0 Å². The van der Waals surface area contributed by atoms with E-state index in [1.165, 1.54) is 30.4 Å². The third-order valence-corrected chi connectivity index (χ3v) is 6.52. The Labute approximate surface area is 114 Å². The van der Waals surface area contributed by atoms with E-state index in [0.29, 0.717) is 17.6 Å². The van der Waals surface area contributed by atoms with Crippen LogP contribution in [-0.2, 0) is 11.2 Å². The summed E-state index contributed by atoms with van der Waals surface area (Å²) in [5, 5.41) is 0. The summed E-state index contributed by atoms with van der Waals surface area (Å²) in [7, 11) is 0. The number of carbonyl (C=O) groups is 1. The minimum Gasteiger partial charge on any atom is -0.299 e. The standard InChI is InChI=1S/C18H20O/c19-15(9-13-7-10-3-1-2-4-14(10)13)18-16-11-5-6-12(8-11)17(16)18/h1-4,11-13,16-18H,5-9H2. The molecule has 1 nitrogen and oxygen atoms in total. The molecule has 3 saturated carbocycles. The van der Waals surface area contributed by atoms with Gasteiger partial charge in [0, 0.05) is 12.3 Å². The van der Waals surface area contributed by atoms with Crippen molar-refractivity contribution in [3.8, 4) is 0 Å². The summed E-state index contributed by atoms with van der Waals surface area (Å²) in [6, 6.07) is 8.65. The molecule has 0 radical (unpaired) electrons. The van der Waals surface area contributed by atoms with Gasteiger partial charge >= 0.3 is 0 Å². The highest BCUT2D eigenvalue weighted by atomic mass is 16.1. The predicted molar refractivity (Wildman–Crippen MR) is 73.8 cm³/mol. The molecule has 3 fully saturated rings. The number of carbonyl (C=O) groups excluding carboxylic acids is 1. The van der Waals surface area contributed by atoms with E-state index >= 15 is 0 Å². The summed E-state index contributed by atoms with van der Waals surface area (Å²) in [5.41, 5.74) is 2.92. The van der Waals surface area contributed by atoms with Crippen molar-refractivity contribution in [2.45, 2.75) is 38.0 Å². The van der Waals surface area contributed by atoms with Crippen LogP contribution in [0.3, 0.4) is 0 Å². The van der Waals surface area contributed by atoms with Crippen molar-refractivity contribution in [1.29, 1.82) is 0 Å². The largest absolute Gasteiger partial charge is 0.299 e. The molecule has 2 bridgehead atoms. The SMILES string of the molecule is O=C(CC1Cc2ccccc21)C1C2C3CCC(C3)C12. The lowest BCUT2D eigenvalue weighted by molar-refractivity contribution is -0.121. The lowest BCUT2D eigenvalue weighted by Gasteiger charge is -2.29. The zero-order valence-corrected chi connectivity index (χ0v) is 11.2. The van der Waals surface area contributed by atoms with Gasteiger partial charge in [-0.2, -0.15) is 0 Å². The molecule has 0 aromatic heterocycles. The molecule has 0 heterocycles. The van der Waals surface area contributed by atoms with Crippen LogP contribution in [0, 0.1) is 29.6 Å². The van der Waals surface area contributed by atoms with E-state index in [2.05, 4.69) is 24.3 Å². The van der Waals surface area contributed by atoms with E-state index in [4.69, 9.17) is 0 Å². The van der Waals surface area contributed by atoms with Gasteiger partial charge in [-0.3, -0.25) is 4.79 Å². The first-order chi connectivity index (χ1) is 9.33. The smallest absolute Gasteiger partial charge is 0.137 e. The molecular weight excluding hydrogens is 232 g/mol. The van der Waals surface area contributed by atoms with Gasteiger partial charge in [0.25, 0.3) is 0 Å². The van der Waals surface area contributed by atoms with Gasteiger partial charge in [-0.05, 0) is 66.4 Å². The Morgan fingerprint density at radius 1 is 1.11 bits per heavy atom. The number of benzene rings is 1. The molecule has 5 rings (SSSR count). The molecular formula is C18H20O. The second-order valence-corrected chi connectivity index (χ2v) is 7.28. The van der Waals surface area contributed by atoms with Gasteiger partial charge in [0.2, 0.25) is 0 Å². The molecule has 5 unspecified atom stereocenters. The Morgan fingerprint density at radius 3 is 2.58 bits per heavy atom. The molecule has 0 saturated heterocycles. The van der Waals surface area contributed by atoms with Crippen LogP contribution in [0.1, 0.15) is 42.7 Å². The van der Waals surface area contributed by atoms with Crippen molar-refractivity contribution >= 4 is 5.78 Å². The summed E-state index contributed by atoms with van der Waals surface area (Å²) >= 11 is 0. The maximum Gasteiger partial charge on any atom is 0.137 e. The minimum absolute atomic E-state index is 0.485. The lowest BCUT2D eigenvalue weighted by Crippen LogP contribution is -2.22. The van der Waals surface area contributed by atoms with Gasteiger partial charge in [-0.25, -0.2) is 0 Å². The maximum absolute atomic E-state index is 12.6. The average molecular weight is 252 g/mol. The third kappa shape index (κ3) is 1.34. The topological polar surface area (TPSA) is 17.1 Å². The molecule has 0 N–H and O–H groups in total. The van der Waals surface area contributed by atoms with Crippen LogP contribution in [-0.4, -0.2) is 5.78 Å². The van der Waals surface area contributed by atoms with Gasteiger partial charge in [-0.15, -0.1) is 0 Å². The monoisotopic (exact) mass is 252 g/mol. The van der Waals surface area contributed by atoms with Crippen LogP contribution in [0.5, 0.6) is 0 Å². The molecule has 4 aliphatic carbocycles. The molecule has 1 heteroatoms. The van der Waals surface area contributed by atoms with Crippen molar-refractivity contribution in [2.24, 2.45) is 29.6 Å². The van der Waals surface area contributed by atoms with Gasteiger partial charge in [-0.1, -0.05) is 24.3 Å². The minimum atomic E-state index is 0.485. The predicted octanol–water partition coefficient (Wildman–Crippen LogP) is 3.58. The first-order valence-corrected chi connectivity index (χ1v) is 7.93. The Kier molecular flexibility index (Phi) is 1.96. The molecule has 0 aliphatic heterocycles. The van der Waals surface area contributed by atoms with Gasteiger partial charge in [0.15, 0.2) is 0 Å². The Balaban J connectivity index is 1.29. The average Bonchev–Trinajstić information content (AvgIpc) is 2.85.